The van der Waals surface area contributed by atoms with E-state index in [0.717, 1.165) is 36.5 Å². The van der Waals surface area contributed by atoms with E-state index < -0.39 is 0 Å². The van der Waals surface area contributed by atoms with E-state index in [0.29, 0.717) is 24.8 Å². The second kappa shape index (κ2) is 8.50. The zero-order valence-electron chi connectivity index (χ0n) is 15.1. The zero-order valence-corrected chi connectivity index (χ0v) is 16.0. The molecule has 1 aromatic carbocycles. The summed E-state index contributed by atoms with van der Waals surface area (Å²) in [6.07, 6.45) is 2.10. The molecule has 6 heteroatoms. The minimum absolute atomic E-state index is 0.00168. The Balaban J connectivity index is 1.31. The van der Waals surface area contributed by atoms with Gasteiger partial charge < -0.3 is 9.64 Å². The second-order valence-corrected chi connectivity index (χ2v) is 7.85. The lowest BCUT2D eigenvalue weighted by atomic mass is 9.98. The molecule has 2 aromatic heterocycles. The lowest BCUT2D eigenvalue weighted by molar-refractivity contribution is 0.0422. The summed E-state index contributed by atoms with van der Waals surface area (Å²) in [6, 6.07) is 16.1. The fourth-order valence-corrected chi connectivity index (χ4v) is 4.15. The van der Waals surface area contributed by atoms with E-state index in [-0.39, 0.29) is 5.91 Å². The van der Waals surface area contributed by atoms with Gasteiger partial charge in [-0.1, -0.05) is 36.4 Å². The van der Waals surface area contributed by atoms with Crippen LogP contribution in [0, 0.1) is 5.92 Å². The van der Waals surface area contributed by atoms with E-state index >= 15 is 0 Å². The molecule has 3 aromatic rings. The fraction of sp³-hybridized carbons (Fsp3) is 0.333. The Labute approximate surface area is 163 Å². The molecule has 3 heterocycles. The van der Waals surface area contributed by atoms with Crippen LogP contribution in [0.5, 0.6) is 0 Å². The summed E-state index contributed by atoms with van der Waals surface area (Å²) in [5, 5.41) is 9.23. The van der Waals surface area contributed by atoms with E-state index in [1.54, 1.807) is 11.3 Å². The average molecular weight is 382 g/mol. The van der Waals surface area contributed by atoms with Gasteiger partial charge in [0.15, 0.2) is 5.69 Å². The maximum atomic E-state index is 12.8. The first-order chi connectivity index (χ1) is 13.3. The number of ether oxygens (including phenoxy) is 1. The highest BCUT2D eigenvalue weighted by Gasteiger charge is 2.26. The molecule has 0 radical (unpaired) electrons. The molecule has 1 amide bonds. The van der Waals surface area contributed by atoms with Crippen molar-refractivity contribution < 1.29 is 9.53 Å². The van der Waals surface area contributed by atoms with E-state index in [1.165, 1.54) is 5.56 Å². The van der Waals surface area contributed by atoms with Gasteiger partial charge in [0.1, 0.15) is 0 Å². The summed E-state index contributed by atoms with van der Waals surface area (Å²) < 4.78 is 5.89. The summed E-state index contributed by atoms with van der Waals surface area (Å²) in [6.45, 7) is 2.82. The summed E-state index contributed by atoms with van der Waals surface area (Å²) in [7, 11) is 0. The third-order valence-electron chi connectivity index (χ3n) is 4.85. The topological polar surface area (TPSA) is 58.2 Å². The number of benzene rings is 1. The molecule has 1 saturated heterocycles. The van der Waals surface area contributed by atoms with Crippen molar-refractivity contribution in [2.75, 3.05) is 19.7 Å². The van der Waals surface area contributed by atoms with Gasteiger partial charge in [-0.25, -0.2) is 0 Å². The van der Waals surface area contributed by atoms with Crippen molar-refractivity contribution in [3.63, 3.8) is 0 Å². The largest absolute Gasteiger partial charge is 0.376 e. The number of carbonyl (C=O) groups excluding carboxylic acids is 1. The summed E-state index contributed by atoms with van der Waals surface area (Å²) in [4.78, 5) is 15.8. The SMILES string of the molecule is O=C(c1cc(-c2cccs2)[nH]n1)N1CCCC(COCc2ccccc2)C1. The van der Waals surface area contributed by atoms with Crippen LogP contribution in [0.2, 0.25) is 0 Å². The van der Waals surface area contributed by atoms with Gasteiger partial charge in [0.25, 0.3) is 5.91 Å². The van der Waals surface area contributed by atoms with Crippen LogP contribution in [0.4, 0.5) is 0 Å². The van der Waals surface area contributed by atoms with Crippen LogP contribution in [-0.2, 0) is 11.3 Å². The zero-order chi connectivity index (χ0) is 18.5. The van der Waals surface area contributed by atoms with Crippen LogP contribution in [0.1, 0.15) is 28.9 Å². The number of hydrogen-bond acceptors (Lipinski definition) is 4. The van der Waals surface area contributed by atoms with Gasteiger partial charge >= 0.3 is 0 Å². The summed E-state index contributed by atoms with van der Waals surface area (Å²) in [5.41, 5.74) is 2.57. The Hall–Kier alpha value is -2.44. The molecule has 1 aliphatic rings. The van der Waals surface area contributed by atoms with Crippen molar-refractivity contribution in [3.05, 3.63) is 65.2 Å². The fourth-order valence-electron chi connectivity index (χ4n) is 3.45. The molecule has 1 atom stereocenters. The number of amides is 1. The highest BCUT2D eigenvalue weighted by Crippen LogP contribution is 2.24. The molecule has 5 nitrogen and oxygen atoms in total. The van der Waals surface area contributed by atoms with Crippen molar-refractivity contribution in [1.29, 1.82) is 0 Å². The van der Waals surface area contributed by atoms with Gasteiger partial charge in [-0.05, 0) is 41.8 Å². The third kappa shape index (κ3) is 4.46. The van der Waals surface area contributed by atoms with E-state index in [4.69, 9.17) is 4.74 Å². The number of thiophene rings is 1. The first kappa shape index (κ1) is 17.9. The number of carbonyl (C=O) groups is 1. The van der Waals surface area contributed by atoms with Crippen LogP contribution in [-0.4, -0.2) is 40.7 Å². The van der Waals surface area contributed by atoms with Crippen LogP contribution < -0.4 is 0 Å². The van der Waals surface area contributed by atoms with Crippen molar-refractivity contribution in [2.45, 2.75) is 19.4 Å². The van der Waals surface area contributed by atoms with Gasteiger partial charge in [0, 0.05) is 13.1 Å². The van der Waals surface area contributed by atoms with Crippen LogP contribution >= 0.6 is 11.3 Å². The number of nitrogens with one attached hydrogen (secondary N) is 1. The Bertz CT molecular complexity index is 861. The van der Waals surface area contributed by atoms with E-state index in [1.807, 2.05) is 46.7 Å². The lowest BCUT2D eigenvalue weighted by Crippen LogP contribution is -2.41. The number of aromatic nitrogens is 2. The molecule has 27 heavy (non-hydrogen) atoms. The predicted molar refractivity (Wildman–Crippen MR) is 107 cm³/mol. The molecule has 140 valence electrons. The lowest BCUT2D eigenvalue weighted by Gasteiger charge is -2.32. The molecular formula is C21H23N3O2S. The average Bonchev–Trinajstić information content (AvgIpc) is 3.40. The van der Waals surface area contributed by atoms with Gasteiger partial charge in [-0.15, -0.1) is 11.3 Å². The minimum atomic E-state index is 0.00168. The third-order valence-corrected chi connectivity index (χ3v) is 5.76. The normalized spacial score (nSPS) is 17.2. The van der Waals surface area contributed by atoms with E-state index in [9.17, 15) is 4.79 Å². The first-order valence-corrected chi connectivity index (χ1v) is 10.2. The molecule has 1 fully saturated rings. The standard InChI is InChI=1S/C21H23N3O2S/c25-21(19-12-18(22-23-19)20-9-5-11-27-20)24-10-4-8-17(13-24)15-26-14-16-6-2-1-3-7-16/h1-3,5-7,9,11-12,17H,4,8,10,13-15H2,(H,22,23). The molecular weight excluding hydrogens is 358 g/mol. The van der Waals surface area contributed by atoms with Crippen molar-refractivity contribution in [3.8, 4) is 10.6 Å². The first-order valence-electron chi connectivity index (χ1n) is 9.30. The van der Waals surface area contributed by atoms with E-state index in [2.05, 4.69) is 22.3 Å². The highest BCUT2D eigenvalue weighted by atomic mass is 32.1. The van der Waals surface area contributed by atoms with Gasteiger partial charge in [-0.2, -0.15) is 5.10 Å². The number of rotatable bonds is 6. The molecule has 0 spiro atoms. The van der Waals surface area contributed by atoms with Crippen LogP contribution in [0.15, 0.2) is 53.9 Å². The molecule has 0 bridgehead atoms. The second-order valence-electron chi connectivity index (χ2n) is 6.90. The smallest absolute Gasteiger partial charge is 0.274 e. The molecule has 1 aliphatic heterocycles. The number of hydrogen-bond donors (Lipinski definition) is 1. The Morgan fingerprint density at radius 3 is 2.96 bits per heavy atom. The van der Waals surface area contributed by atoms with Crippen LogP contribution in [0.3, 0.4) is 0 Å². The number of likely N-dealkylation sites (tertiary alicyclic amines) is 1. The molecule has 1 unspecified atom stereocenters. The maximum Gasteiger partial charge on any atom is 0.274 e. The predicted octanol–water partition coefficient (Wildman–Crippen LogP) is 4.21. The molecule has 0 saturated carbocycles. The Kier molecular flexibility index (Phi) is 5.65. The number of aromatic amines is 1. The molecule has 4 rings (SSSR count). The maximum absolute atomic E-state index is 12.8. The summed E-state index contributed by atoms with van der Waals surface area (Å²) >= 11 is 1.63. The highest BCUT2D eigenvalue weighted by molar-refractivity contribution is 7.13. The number of nitrogens with zero attached hydrogens (tertiary/aromatic N) is 2. The monoisotopic (exact) mass is 381 g/mol. The van der Waals surface area contributed by atoms with Gasteiger partial charge in [-0.3, -0.25) is 9.89 Å². The molecule has 0 aliphatic carbocycles. The van der Waals surface area contributed by atoms with Crippen molar-refractivity contribution in [1.82, 2.24) is 15.1 Å². The van der Waals surface area contributed by atoms with Crippen molar-refractivity contribution >= 4 is 17.2 Å². The summed E-state index contributed by atoms with van der Waals surface area (Å²) in [5.74, 6) is 0.379. The number of piperidine rings is 1. The van der Waals surface area contributed by atoms with Crippen molar-refractivity contribution in [2.24, 2.45) is 5.92 Å². The number of H-pyrrole nitrogens is 1. The quantitative estimate of drug-likeness (QED) is 0.696. The Morgan fingerprint density at radius 2 is 2.15 bits per heavy atom. The van der Waals surface area contributed by atoms with Gasteiger partial charge in [0.2, 0.25) is 0 Å². The molecule has 1 N–H and O–H groups in total. The minimum Gasteiger partial charge on any atom is -0.376 e. The van der Waals surface area contributed by atoms with Crippen LogP contribution in [0.25, 0.3) is 10.6 Å². The Morgan fingerprint density at radius 1 is 1.26 bits per heavy atom. The van der Waals surface area contributed by atoms with Gasteiger partial charge in [0.05, 0.1) is 23.8 Å².